The van der Waals surface area contributed by atoms with Gasteiger partial charge in [-0.2, -0.15) is 4.31 Å². The number of rotatable bonds is 7. The number of benzene rings is 2. The molecule has 2 fully saturated rings. The Morgan fingerprint density at radius 2 is 1.69 bits per heavy atom. The van der Waals surface area contributed by atoms with Crippen molar-refractivity contribution in [1.82, 2.24) is 9.62 Å². The van der Waals surface area contributed by atoms with Crippen molar-refractivity contribution >= 4 is 21.6 Å². The number of amides is 1. The lowest BCUT2D eigenvalue weighted by Crippen LogP contribution is -2.38. The Labute approximate surface area is 191 Å². The first-order valence-corrected chi connectivity index (χ1v) is 13.1. The highest BCUT2D eigenvalue weighted by Crippen LogP contribution is 2.27. The predicted molar refractivity (Wildman–Crippen MR) is 127 cm³/mol. The predicted octanol–water partition coefficient (Wildman–Crippen LogP) is 3.90. The maximum Gasteiger partial charge on any atom is 0.251 e. The minimum absolute atomic E-state index is 0.0681. The van der Waals surface area contributed by atoms with Gasteiger partial charge in [0.2, 0.25) is 10.0 Å². The Kier molecular flexibility index (Phi) is 7.16. The van der Waals surface area contributed by atoms with E-state index in [1.54, 1.807) is 31.3 Å². The zero-order valence-corrected chi connectivity index (χ0v) is 19.6. The zero-order valence-electron chi connectivity index (χ0n) is 18.7. The average Bonchev–Trinajstić information content (AvgIpc) is 3.32. The Morgan fingerprint density at radius 1 is 1.00 bits per heavy atom. The lowest BCUT2D eigenvalue weighted by Gasteiger charge is -2.30. The number of nitrogens with one attached hydrogen (secondary N) is 1. The van der Waals surface area contributed by atoms with Crippen LogP contribution in [-0.2, 0) is 10.0 Å². The largest absolute Gasteiger partial charge is 0.371 e. The minimum atomic E-state index is -3.54. The van der Waals surface area contributed by atoms with E-state index in [0.29, 0.717) is 18.0 Å². The van der Waals surface area contributed by atoms with E-state index in [2.05, 4.69) is 22.3 Å². The summed E-state index contributed by atoms with van der Waals surface area (Å²) in [6.07, 6.45) is 6.21. The molecule has 1 amide bonds. The Bertz CT molecular complexity index is 1000. The molecule has 1 unspecified atom stereocenters. The van der Waals surface area contributed by atoms with Crippen LogP contribution in [0.3, 0.4) is 0 Å². The van der Waals surface area contributed by atoms with Gasteiger partial charge in [0.25, 0.3) is 5.91 Å². The van der Waals surface area contributed by atoms with E-state index in [1.165, 1.54) is 16.4 Å². The van der Waals surface area contributed by atoms with E-state index in [-0.39, 0.29) is 16.8 Å². The summed E-state index contributed by atoms with van der Waals surface area (Å²) >= 11 is 0. The summed E-state index contributed by atoms with van der Waals surface area (Å²) in [7, 11) is -1.87. The molecule has 0 radical (unpaired) electrons. The number of para-hydroxylation sites is 1. The van der Waals surface area contributed by atoms with Crippen LogP contribution in [0.5, 0.6) is 0 Å². The normalized spacial score (nSPS) is 19.9. The maximum absolute atomic E-state index is 13.0. The number of anilines is 1. The molecule has 1 saturated carbocycles. The summed E-state index contributed by atoms with van der Waals surface area (Å²) in [6.45, 7) is 2.53. The SMILES string of the molecule is CN(C1CCCCC1)S(=O)(=O)c1ccc(C(=O)NCC2CCN(c3ccccc3)C2)cc1. The van der Waals surface area contributed by atoms with Crippen molar-refractivity contribution in [1.29, 1.82) is 0 Å². The molecule has 0 spiro atoms. The van der Waals surface area contributed by atoms with E-state index in [9.17, 15) is 13.2 Å². The molecule has 1 atom stereocenters. The fraction of sp³-hybridized carbons (Fsp3) is 0.480. The number of carbonyl (C=O) groups is 1. The van der Waals surface area contributed by atoms with Crippen LogP contribution in [0, 0.1) is 5.92 Å². The maximum atomic E-state index is 13.0. The second-order valence-corrected chi connectivity index (χ2v) is 11.0. The summed E-state index contributed by atoms with van der Waals surface area (Å²) in [5.74, 6) is 0.246. The third kappa shape index (κ3) is 5.15. The highest BCUT2D eigenvalue weighted by atomic mass is 32.2. The van der Waals surface area contributed by atoms with Crippen molar-refractivity contribution in [2.75, 3.05) is 31.6 Å². The molecule has 2 aromatic rings. The molecule has 1 aliphatic carbocycles. The fourth-order valence-electron chi connectivity index (χ4n) is 4.80. The summed E-state index contributed by atoms with van der Waals surface area (Å²) in [6, 6.07) is 16.7. The van der Waals surface area contributed by atoms with Gasteiger partial charge in [-0.15, -0.1) is 0 Å². The third-order valence-electron chi connectivity index (χ3n) is 6.84. The van der Waals surface area contributed by atoms with Crippen LogP contribution in [0.1, 0.15) is 48.9 Å². The standard InChI is InChI=1S/C25H33N3O3S/c1-27(22-8-4-2-5-9-22)32(30,31)24-14-12-21(13-15-24)25(29)26-18-20-16-17-28(19-20)23-10-6-3-7-11-23/h3,6-7,10-15,20,22H,2,4-5,8-9,16-19H2,1H3,(H,26,29). The van der Waals surface area contributed by atoms with Crippen LogP contribution < -0.4 is 10.2 Å². The van der Waals surface area contributed by atoms with E-state index >= 15 is 0 Å². The summed E-state index contributed by atoms with van der Waals surface area (Å²) < 4.78 is 27.5. The molecule has 1 N–H and O–H groups in total. The molecule has 32 heavy (non-hydrogen) atoms. The van der Waals surface area contributed by atoms with Crippen molar-refractivity contribution in [3.8, 4) is 0 Å². The van der Waals surface area contributed by atoms with E-state index in [4.69, 9.17) is 0 Å². The van der Waals surface area contributed by atoms with Crippen molar-refractivity contribution in [3.63, 3.8) is 0 Å². The summed E-state index contributed by atoms with van der Waals surface area (Å²) in [4.78, 5) is 15.2. The zero-order chi connectivity index (χ0) is 22.6. The highest BCUT2D eigenvalue weighted by molar-refractivity contribution is 7.89. The first kappa shape index (κ1) is 22.8. The van der Waals surface area contributed by atoms with Gasteiger partial charge in [0.05, 0.1) is 4.90 Å². The smallest absolute Gasteiger partial charge is 0.251 e. The van der Waals surface area contributed by atoms with Gasteiger partial charge in [-0.3, -0.25) is 4.79 Å². The molecule has 6 nitrogen and oxygen atoms in total. The molecule has 1 saturated heterocycles. The molecular formula is C25H33N3O3S. The van der Waals surface area contributed by atoms with Gasteiger partial charge >= 0.3 is 0 Å². The fourth-order valence-corrected chi connectivity index (χ4v) is 6.21. The summed E-state index contributed by atoms with van der Waals surface area (Å²) in [5.41, 5.74) is 1.71. The number of nitrogens with zero attached hydrogens (tertiary/aromatic N) is 2. The van der Waals surface area contributed by atoms with Crippen molar-refractivity contribution in [2.24, 2.45) is 5.92 Å². The van der Waals surface area contributed by atoms with E-state index < -0.39 is 10.0 Å². The van der Waals surface area contributed by atoms with Gasteiger partial charge in [-0.25, -0.2) is 8.42 Å². The molecule has 172 valence electrons. The van der Waals surface area contributed by atoms with Crippen LogP contribution in [-0.4, -0.2) is 51.4 Å². The van der Waals surface area contributed by atoms with E-state index in [1.807, 2.05) is 18.2 Å². The lowest BCUT2D eigenvalue weighted by atomic mass is 9.96. The molecule has 2 aliphatic rings. The van der Waals surface area contributed by atoms with Gasteiger partial charge in [0, 0.05) is 44.0 Å². The van der Waals surface area contributed by atoms with Gasteiger partial charge in [0.1, 0.15) is 0 Å². The van der Waals surface area contributed by atoms with Crippen LogP contribution in [0.2, 0.25) is 0 Å². The minimum Gasteiger partial charge on any atom is -0.371 e. The van der Waals surface area contributed by atoms with Gasteiger partial charge < -0.3 is 10.2 Å². The van der Waals surface area contributed by atoms with Crippen LogP contribution in [0.25, 0.3) is 0 Å². The van der Waals surface area contributed by atoms with Gasteiger partial charge in [0.15, 0.2) is 0 Å². The number of hydrogen-bond acceptors (Lipinski definition) is 4. The topological polar surface area (TPSA) is 69.7 Å². The molecule has 2 aromatic carbocycles. The average molecular weight is 456 g/mol. The van der Waals surface area contributed by atoms with Crippen molar-refractivity contribution < 1.29 is 13.2 Å². The van der Waals surface area contributed by atoms with Crippen molar-refractivity contribution in [3.05, 3.63) is 60.2 Å². The quantitative estimate of drug-likeness (QED) is 0.688. The monoisotopic (exact) mass is 455 g/mol. The number of sulfonamides is 1. The molecule has 0 aromatic heterocycles. The Morgan fingerprint density at radius 3 is 2.38 bits per heavy atom. The second kappa shape index (κ2) is 10.0. The highest BCUT2D eigenvalue weighted by Gasteiger charge is 2.29. The lowest BCUT2D eigenvalue weighted by molar-refractivity contribution is 0.0948. The first-order chi connectivity index (χ1) is 15.4. The van der Waals surface area contributed by atoms with Gasteiger partial charge in [-0.05, 0) is 61.6 Å². The summed E-state index contributed by atoms with van der Waals surface area (Å²) in [5, 5.41) is 3.02. The van der Waals surface area contributed by atoms with Gasteiger partial charge in [-0.1, -0.05) is 37.5 Å². The van der Waals surface area contributed by atoms with Crippen LogP contribution in [0.15, 0.2) is 59.5 Å². The van der Waals surface area contributed by atoms with Crippen molar-refractivity contribution in [2.45, 2.75) is 49.5 Å². The molecule has 0 bridgehead atoms. The van der Waals surface area contributed by atoms with E-state index in [0.717, 1.165) is 45.2 Å². The molecule has 4 rings (SSSR count). The van der Waals surface area contributed by atoms with Crippen LogP contribution >= 0.6 is 0 Å². The Hall–Kier alpha value is -2.38. The number of hydrogen-bond donors (Lipinski definition) is 1. The Balaban J connectivity index is 1.31. The first-order valence-electron chi connectivity index (χ1n) is 11.6. The second-order valence-electron chi connectivity index (χ2n) is 8.98. The molecule has 7 heteroatoms. The third-order valence-corrected chi connectivity index (χ3v) is 8.77. The molecule has 1 heterocycles. The molecular weight excluding hydrogens is 422 g/mol. The number of carbonyl (C=O) groups excluding carboxylic acids is 1. The molecule has 1 aliphatic heterocycles. The van der Waals surface area contributed by atoms with Crippen LogP contribution in [0.4, 0.5) is 5.69 Å².